The fourth-order valence-electron chi connectivity index (χ4n) is 1.72. The van der Waals surface area contributed by atoms with Crippen molar-refractivity contribution in [1.82, 2.24) is 5.43 Å². The lowest BCUT2D eigenvalue weighted by Gasteiger charge is -2.19. The van der Waals surface area contributed by atoms with Gasteiger partial charge in [0.15, 0.2) is 0 Å². The number of hydrogen-bond acceptors (Lipinski definition) is 4. The zero-order valence-electron chi connectivity index (χ0n) is 10.6. The van der Waals surface area contributed by atoms with E-state index >= 15 is 0 Å². The van der Waals surface area contributed by atoms with Gasteiger partial charge in [-0.15, -0.1) is 23.5 Å². The number of amides is 1. The molecule has 0 saturated carbocycles. The molecule has 1 aliphatic heterocycles. The summed E-state index contributed by atoms with van der Waals surface area (Å²) >= 11 is 9.47. The Morgan fingerprint density at radius 1 is 1.42 bits per heavy atom. The van der Waals surface area contributed by atoms with E-state index in [1.165, 1.54) is 0 Å². The van der Waals surface area contributed by atoms with E-state index in [0.29, 0.717) is 11.4 Å². The second-order valence-corrected chi connectivity index (χ2v) is 8.24. The highest BCUT2D eigenvalue weighted by molar-refractivity contribution is 8.21. The fraction of sp³-hybridized carbons (Fsp3) is 0.385. The Balaban J connectivity index is 1.81. The van der Waals surface area contributed by atoms with Gasteiger partial charge in [0.25, 0.3) is 0 Å². The Morgan fingerprint density at radius 3 is 2.68 bits per heavy atom. The third-order valence-electron chi connectivity index (χ3n) is 2.65. The van der Waals surface area contributed by atoms with Gasteiger partial charge in [0, 0.05) is 16.5 Å². The third kappa shape index (κ3) is 4.75. The SMILES string of the molecule is CC1(CC(=O)N/N=C/c2ccc(Cl)cc2)SCCS1. The van der Waals surface area contributed by atoms with Crippen molar-refractivity contribution in [2.45, 2.75) is 17.4 Å². The summed E-state index contributed by atoms with van der Waals surface area (Å²) in [7, 11) is 0. The number of hydrogen-bond donors (Lipinski definition) is 1. The predicted molar refractivity (Wildman–Crippen MR) is 85.1 cm³/mol. The maximum absolute atomic E-state index is 11.8. The second-order valence-electron chi connectivity index (χ2n) is 4.35. The molecule has 0 aliphatic carbocycles. The number of carbonyl (C=O) groups excluding carboxylic acids is 1. The highest BCUT2D eigenvalue weighted by Gasteiger charge is 2.32. The van der Waals surface area contributed by atoms with Gasteiger partial charge in [0.2, 0.25) is 5.91 Å². The zero-order valence-corrected chi connectivity index (χ0v) is 12.9. The van der Waals surface area contributed by atoms with Crippen LogP contribution in [-0.4, -0.2) is 27.7 Å². The third-order valence-corrected chi connectivity index (χ3v) is 6.20. The van der Waals surface area contributed by atoms with Crippen LogP contribution in [0.4, 0.5) is 0 Å². The normalized spacial score (nSPS) is 17.8. The summed E-state index contributed by atoms with van der Waals surface area (Å²) in [5.41, 5.74) is 3.47. The summed E-state index contributed by atoms with van der Waals surface area (Å²) in [6, 6.07) is 7.28. The number of halogens is 1. The highest BCUT2D eigenvalue weighted by atomic mass is 35.5. The van der Waals surface area contributed by atoms with Crippen molar-refractivity contribution in [2.75, 3.05) is 11.5 Å². The van der Waals surface area contributed by atoms with Gasteiger partial charge in [0.05, 0.1) is 16.7 Å². The number of nitrogens with one attached hydrogen (secondary N) is 1. The summed E-state index contributed by atoms with van der Waals surface area (Å²) in [5.74, 6) is 2.18. The van der Waals surface area contributed by atoms with Crippen LogP contribution in [0.2, 0.25) is 5.02 Å². The predicted octanol–water partition coefficient (Wildman–Crippen LogP) is 3.38. The number of rotatable bonds is 4. The van der Waals surface area contributed by atoms with Crippen LogP contribution in [-0.2, 0) is 4.79 Å². The molecule has 102 valence electrons. The molecule has 0 aromatic heterocycles. The number of nitrogens with zero attached hydrogens (tertiary/aromatic N) is 1. The van der Waals surface area contributed by atoms with Gasteiger partial charge in [-0.05, 0) is 24.6 Å². The molecule has 1 N–H and O–H groups in total. The van der Waals surface area contributed by atoms with E-state index in [2.05, 4.69) is 17.5 Å². The molecule has 2 rings (SSSR count). The van der Waals surface area contributed by atoms with E-state index in [9.17, 15) is 4.79 Å². The first-order valence-corrected chi connectivity index (χ1v) is 8.28. The summed E-state index contributed by atoms with van der Waals surface area (Å²) < 4.78 is -0.000123. The smallest absolute Gasteiger partial charge is 0.242 e. The molecule has 19 heavy (non-hydrogen) atoms. The minimum absolute atomic E-state index is 0.000123. The number of carbonyl (C=O) groups is 1. The van der Waals surface area contributed by atoms with Gasteiger partial charge in [-0.3, -0.25) is 4.79 Å². The molecule has 0 atom stereocenters. The lowest BCUT2D eigenvalue weighted by Crippen LogP contribution is -2.26. The van der Waals surface area contributed by atoms with Crippen LogP contribution in [0.3, 0.4) is 0 Å². The van der Waals surface area contributed by atoms with Crippen molar-refractivity contribution in [1.29, 1.82) is 0 Å². The minimum Gasteiger partial charge on any atom is -0.273 e. The van der Waals surface area contributed by atoms with E-state index < -0.39 is 0 Å². The Hall–Kier alpha value is -0.650. The van der Waals surface area contributed by atoms with Gasteiger partial charge in [-0.2, -0.15) is 5.10 Å². The highest BCUT2D eigenvalue weighted by Crippen LogP contribution is 2.45. The van der Waals surface area contributed by atoms with Crippen molar-refractivity contribution in [3.05, 3.63) is 34.9 Å². The van der Waals surface area contributed by atoms with Crippen LogP contribution in [0.1, 0.15) is 18.9 Å². The Morgan fingerprint density at radius 2 is 2.05 bits per heavy atom. The van der Waals surface area contributed by atoms with Crippen molar-refractivity contribution in [3.8, 4) is 0 Å². The van der Waals surface area contributed by atoms with Crippen molar-refractivity contribution >= 4 is 47.2 Å². The van der Waals surface area contributed by atoms with E-state index in [1.807, 2.05) is 35.7 Å². The minimum atomic E-state index is -0.0467. The molecular weight excluding hydrogens is 300 g/mol. The molecule has 6 heteroatoms. The number of benzene rings is 1. The first-order valence-electron chi connectivity index (χ1n) is 5.93. The van der Waals surface area contributed by atoms with Gasteiger partial charge >= 0.3 is 0 Å². The Kier molecular flexibility index (Phi) is 5.19. The largest absolute Gasteiger partial charge is 0.273 e. The molecule has 0 radical (unpaired) electrons. The lowest BCUT2D eigenvalue weighted by molar-refractivity contribution is -0.121. The van der Waals surface area contributed by atoms with Crippen LogP contribution >= 0.6 is 35.1 Å². The first-order chi connectivity index (χ1) is 9.07. The summed E-state index contributed by atoms with van der Waals surface area (Å²) in [6.45, 7) is 2.11. The topological polar surface area (TPSA) is 41.5 Å². The van der Waals surface area contributed by atoms with E-state index in [1.54, 1.807) is 18.3 Å². The standard InChI is InChI=1S/C13H15ClN2OS2/c1-13(18-6-7-19-13)8-12(17)16-15-9-10-2-4-11(14)5-3-10/h2-5,9H,6-8H2,1H3,(H,16,17)/b15-9+. The second kappa shape index (κ2) is 6.68. The lowest BCUT2D eigenvalue weighted by atomic mass is 10.2. The number of hydrazone groups is 1. The zero-order chi connectivity index (χ0) is 13.7. The fourth-order valence-corrected chi connectivity index (χ4v) is 4.67. The molecule has 1 aromatic rings. The van der Waals surface area contributed by atoms with Gasteiger partial charge in [-0.1, -0.05) is 23.7 Å². The molecule has 0 bridgehead atoms. The molecule has 1 fully saturated rings. The van der Waals surface area contributed by atoms with Crippen LogP contribution in [0.25, 0.3) is 0 Å². The molecule has 1 saturated heterocycles. The van der Waals surface area contributed by atoms with Crippen LogP contribution in [0.15, 0.2) is 29.4 Å². The van der Waals surface area contributed by atoms with Gasteiger partial charge in [-0.25, -0.2) is 5.43 Å². The van der Waals surface area contributed by atoms with Crippen LogP contribution < -0.4 is 5.43 Å². The van der Waals surface area contributed by atoms with E-state index in [0.717, 1.165) is 17.1 Å². The van der Waals surface area contributed by atoms with E-state index in [4.69, 9.17) is 11.6 Å². The summed E-state index contributed by atoms with van der Waals surface area (Å²) in [6.07, 6.45) is 2.10. The average molecular weight is 315 g/mol. The van der Waals surface area contributed by atoms with Gasteiger partial charge in [0.1, 0.15) is 0 Å². The van der Waals surface area contributed by atoms with Crippen molar-refractivity contribution in [2.24, 2.45) is 5.10 Å². The van der Waals surface area contributed by atoms with Crippen molar-refractivity contribution in [3.63, 3.8) is 0 Å². The van der Waals surface area contributed by atoms with E-state index in [-0.39, 0.29) is 9.99 Å². The molecule has 0 unspecified atom stereocenters. The maximum Gasteiger partial charge on any atom is 0.242 e. The Bertz CT molecular complexity index is 470. The van der Waals surface area contributed by atoms with Crippen molar-refractivity contribution < 1.29 is 4.79 Å². The molecule has 0 spiro atoms. The maximum atomic E-state index is 11.8. The summed E-state index contributed by atoms with van der Waals surface area (Å²) in [4.78, 5) is 11.8. The quantitative estimate of drug-likeness (QED) is 0.684. The number of thioether (sulfide) groups is 2. The molecule has 1 aliphatic rings. The molecular formula is C13H15ClN2OS2. The van der Waals surface area contributed by atoms with Crippen LogP contribution in [0, 0.1) is 0 Å². The monoisotopic (exact) mass is 314 g/mol. The molecule has 1 heterocycles. The summed E-state index contributed by atoms with van der Waals surface area (Å²) in [5, 5.41) is 4.64. The average Bonchev–Trinajstić information content (AvgIpc) is 2.78. The Labute approximate surface area is 126 Å². The first kappa shape index (κ1) is 14.8. The molecule has 3 nitrogen and oxygen atoms in total. The molecule has 1 aromatic carbocycles. The van der Waals surface area contributed by atoms with Crippen LogP contribution in [0.5, 0.6) is 0 Å². The molecule has 1 amide bonds. The van der Waals surface area contributed by atoms with Gasteiger partial charge < -0.3 is 0 Å².